The van der Waals surface area contributed by atoms with E-state index in [-0.39, 0.29) is 12.3 Å². The highest BCUT2D eigenvalue weighted by molar-refractivity contribution is 5.78. The molecule has 0 atom stereocenters. The molecule has 0 saturated carbocycles. The van der Waals surface area contributed by atoms with E-state index in [2.05, 4.69) is 38.1 Å². The predicted molar refractivity (Wildman–Crippen MR) is 128 cm³/mol. The van der Waals surface area contributed by atoms with E-state index in [9.17, 15) is 4.79 Å². The zero-order valence-electron chi connectivity index (χ0n) is 18.4. The second-order valence-corrected chi connectivity index (χ2v) is 8.02. The molecule has 0 bridgehead atoms. The summed E-state index contributed by atoms with van der Waals surface area (Å²) in [6.45, 7) is 3.06. The smallest absolute Gasteiger partial charge is 0.226 e. The summed E-state index contributed by atoms with van der Waals surface area (Å²) < 4.78 is 7.88. The molecule has 0 aliphatic rings. The zero-order chi connectivity index (χ0) is 22.6. The minimum Gasteiger partial charge on any atom is -0.441 e. The number of para-hydroxylation sites is 2. The van der Waals surface area contributed by atoms with Crippen LogP contribution >= 0.6 is 0 Å². The van der Waals surface area contributed by atoms with E-state index in [0.717, 1.165) is 28.7 Å². The van der Waals surface area contributed by atoms with Crippen molar-refractivity contribution < 1.29 is 9.21 Å². The van der Waals surface area contributed by atoms with Gasteiger partial charge in [-0.1, -0.05) is 54.6 Å². The lowest BCUT2D eigenvalue weighted by molar-refractivity contribution is -0.120. The Morgan fingerprint density at radius 1 is 0.939 bits per heavy atom. The molecule has 0 spiro atoms. The number of nitrogens with one attached hydrogen (secondary N) is 1. The maximum Gasteiger partial charge on any atom is 0.226 e. The molecular weight excluding hydrogens is 412 g/mol. The monoisotopic (exact) mass is 436 g/mol. The van der Waals surface area contributed by atoms with E-state index < -0.39 is 0 Å². The molecule has 0 fully saturated rings. The second kappa shape index (κ2) is 9.12. The van der Waals surface area contributed by atoms with Crippen LogP contribution in [-0.2, 0) is 24.3 Å². The first kappa shape index (κ1) is 20.7. The first-order valence-corrected chi connectivity index (χ1v) is 10.9. The van der Waals surface area contributed by atoms with Gasteiger partial charge in [0.1, 0.15) is 5.76 Å². The highest BCUT2D eigenvalue weighted by atomic mass is 16.4. The minimum absolute atomic E-state index is 0.0834. The number of hydrogen-bond acceptors (Lipinski definition) is 4. The fraction of sp³-hybridized carbons (Fsp3) is 0.148. The molecule has 2 aromatic heterocycles. The van der Waals surface area contributed by atoms with E-state index in [1.165, 1.54) is 5.56 Å². The molecule has 33 heavy (non-hydrogen) atoms. The second-order valence-electron chi connectivity index (χ2n) is 8.02. The van der Waals surface area contributed by atoms with Crippen molar-refractivity contribution in [3.63, 3.8) is 0 Å². The summed E-state index contributed by atoms with van der Waals surface area (Å²) in [7, 11) is 0. The van der Waals surface area contributed by atoms with Crippen molar-refractivity contribution in [3.05, 3.63) is 108 Å². The van der Waals surface area contributed by atoms with Gasteiger partial charge in [0.2, 0.25) is 11.8 Å². The summed E-state index contributed by atoms with van der Waals surface area (Å²) in [6, 6.07) is 26.1. The van der Waals surface area contributed by atoms with Gasteiger partial charge in [0.05, 0.1) is 29.5 Å². The number of carbonyl (C=O) groups excluding carboxylic acids is 1. The predicted octanol–water partition coefficient (Wildman–Crippen LogP) is 4.91. The summed E-state index contributed by atoms with van der Waals surface area (Å²) in [6.07, 6.45) is 2.06. The number of nitrogens with zero attached hydrogens (tertiary/aromatic N) is 3. The summed E-state index contributed by atoms with van der Waals surface area (Å²) in [4.78, 5) is 21.4. The van der Waals surface area contributed by atoms with Gasteiger partial charge in [-0.25, -0.2) is 9.97 Å². The van der Waals surface area contributed by atoms with Gasteiger partial charge in [-0.2, -0.15) is 0 Å². The highest BCUT2D eigenvalue weighted by Crippen LogP contribution is 2.21. The number of rotatable bonds is 7. The molecule has 0 aliphatic heterocycles. The third-order valence-corrected chi connectivity index (χ3v) is 5.63. The van der Waals surface area contributed by atoms with E-state index in [1.54, 1.807) is 0 Å². The molecule has 0 aliphatic carbocycles. The first-order valence-electron chi connectivity index (χ1n) is 10.9. The number of fused-ring (bicyclic) bond motifs is 1. The van der Waals surface area contributed by atoms with Crippen molar-refractivity contribution in [3.8, 4) is 11.5 Å². The van der Waals surface area contributed by atoms with Crippen molar-refractivity contribution in [1.29, 1.82) is 0 Å². The first-order chi connectivity index (χ1) is 16.2. The lowest BCUT2D eigenvalue weighted by Crippen LogP contribution is -2.25. The van der Waals surface area contributed by atoms with Crippen LogP contribution < -0.4 is 5.32 Å². The van der Waals surface area contributed by atoms with Crippen LogP contribution in [0.5, 0.6) is 0 Å². The van der Waals surface area contributed by atoms with Gasteiger partial charge in [-0.3, -0.25) is 4.79 Å². The number of hydrogen-bond donors (Lipinski definition) is 1. The van der Waals surface area contributed by atoms with Gasteiger partial charge in [-0.15, -0.1) is 0 Å². The SMILES string of the molecule is Cc1oc(-c2ccccc2)nc1CC(=O)NCc1ccc(Cn2cnc3ccccc32)cc1. The van der Waals surface area contributed by atoms with Gasteiger partial charge in [0.25, 0.3) is 0 Å². The largest absolute Gasteiger partial charge is 0.441 e. The van der Waals surface area contributed by atoms with Crippen molar-refractivity contribution in [2.45, 2.75) is 26.4 Å². The molecule has 1 amide bonds. The van der Waals surface area contributed by atoms with E-state index >= 15 is 0 Å². The van der Waals surface area contributed by atoms with Crippen LogP contribution in [0.25, 0.3) is 22.5 Å². The molecule has 0 saturated heterocycles. The topological polar surface area (TPSA) is 73.0 Å². The average molecular weight is 437 g/mol. The van der Waals surface area contributed by atoms with Gasteiger partial charge in [0.15, 0.2) is 0 Å². The molecule has 164 valence electrons. The fourth-order valence-electron chi connectivity index (χ4n) is 3.81. The number of imidazole rings is 1. The van der Waals surface area contributed by atoms with Crippen LogP contribution in [0.3, 0.4) is 0 Å². The average Bonchev–Trinajstić information content (AvgIpc) is 3.42. The van der Waals surface area contributed by atoms with Crippen molar-refractivity contribution in [2.24, 2.45) is 0 Å². The molecule has 3 aromatic carbocycles. The minimum atomic E-state index is -0.0834. The van der Waals surface area contributed by atoms with Crippen molar-refractivity contribution in [2.75, 3.05) is 0 Å². The number of aryl methyl sites for hydroxylation is 1. The number of benzene rings is 3. The van der Waals surface area contributed by atoms with Crippen LogP contribution in [0.4, 0.5) is 0 Å². The molecule has 6 heteroatoms. The molecular formula is C27H24N4O2. The Hall–Kier alpha value is -4.19. The van der Waals surface area contributed by atoms with Crippen LogP contribution in [0, 0.1) is 6.92 Å². The number of aromatic nitrogens is 3. The molecule has 2 heterocycles. The highest BCUT2D eigenvalue weighted by Gasteiger charge is 2.14. The van der Waals surface area contributed by atoms with Gasteiger partial charge >= 0.3 is 0 Å². The third kappa shape index (κ3) is 4.70. The van der Waals surface area contributed by atoms with Gasteiger partial charge in [0, 0.05) is 18.7 Å². The Bertz CT molecular complexity index is 1380. The van der Waals surface area contributed by atoms with Crippen LogP contribution in [-0.4, -0.2) is 20.4 Å². The molecule has 0 radical (unpaired) electrons. The lowest BCUT2D eigenvalue weighted by Gasteiger charge is -2.08. The summed E-state index contributed by atoms with van der Waals surface area (Å²) in [5.74, 6) is 1.12. The molecule has 0 unspecified atom stereocenters. The summed E-state index contributed by atoms with van der Waals surface area (Å²) >= 11 is 0. The standard InChI is InChI=1S/C27H24N4O2/c1-19-24(30-27(33-19)22-7-3-2-4-8-22)15-26(32)28-16-20-11-13-21(14-12-20)17-31-18-29-23-9-5-6-10-25(23)31/h2-14,18H,15-17H2,1H3,(H,28,32). The van der Waals surface area contributed by atoms with E-state index in [1.807, 2.05) is 73.9 Å². The van der Waals surface area contributed by atoms with Crippen LogP contribution in [0.1, 0.15) is 22.6 Å². The molecule has 5 rings (SSSR count). The summed E-state index contributed by atoms with van der Waals surface area (Å²) in [5.41, 5.74) is 5.90. The number of amides is 1. The summed E-state index contributed by atoms with van der Waals surface area (Å²) in [5, 5.41) is 2.98. The van der Waals surface area contributed by atoms with Crippen molar-refractivity contribution >= 4 is 16.9 Å². The number of carbonyl (C=O) groups is 1. The van der Waals surface area contributed by atoms with Crippen LogP contribution in [0.2, 0.25) is 0 Å². The van der Waals surface area contributed by atoms with Gasteiger partial charge in [-0.05, 0) is 42.3 Å². The lowest BCUT2D eigenvalue weighted by atomic mass is 10.1. The Morgan fingerprint density at radius 2 is 1.67 bits per heavy atom. The Labute approximate surface area is 191 Å². The quantitative estimate of drug-likeness (QED) is 0.394. The Balaban J connectivity index is 1.17. The molecule has 6 nitrogen and oxygen atoms in total. The Kier molecular flexibility index (Phi) is 5.72. The Morgan fingerprint density at radius 3 is 2.48 bits per heavy atom. The van der Waals surface area contributed by atoms with Crippen LogP contribution in [0.15, 0.2) is 89.6 Å². The third-order valence-electron chi connectivity index (χ3n) is 5.63. The molecule has 1 N–H and O–H groups in total. The van der Waals surface area contributed by atoms with E-state index in [0.29, 0.717) is 23.9 Å². The van der Waals surface area contributed by atoms with E-state index in [4.69, 9.17) is 4.42 Å². The number of oxazole rings is 1. The maximum absolute atomic E-state index is 12.5. The zero-order valence-corrected chi connectivity index (χ0v) is 18.4. The van der Waals surface area contributed by atoms with Gasteiger partial charge < -0.3 is 14.3 Å². The normalized spacial score (nSPS) is 11.1. The fourth-order valence-corrected chi connectivity index (χ4v) is 3.81. The van der Waals surface area contributed by atoms with Crippen molar-refractivity contribution in [1.82, 2.24) is 19.9 Å². The maximum atomic E-state index is 12.5. The molecule has 5 aromatic rings.